The van der Waals surface area contributed by atoms with Crippen LogP contribution in [-0.2, 0) is 13.1 Å². The Labute approximate surface area is 168 Å². The summed E-state index contributed by atoms with van der Waals surface area (Å²) in [6.45, 7) is 2.18. The molecule has 1 aliphatic carbocycles. The quantitative estimate of drug-likeness (QED) is 0.637. The molecular weight excluding hydrogens is 368 g/mol. The van der Waals surface area contributed by atoms with Crippen LogP contribution in [0, 0.1) is 0 Å². The number of rotatable bonds is 6. The molecule has 0 aromatic carbocycles. The Bertz CT molecular complexity index is 1030. The SMILES string of the molecule is O=c1ccc(-c2ccncc2)nn1CC1CCCN1Cc1noc(C2CCC2)n1. The monoisotopic (exact) mass is 392 g/mol. The highest BCUT2D eigenvalue weighted by Gasteiger charge is 2.29. The van der Waals surface area contributed by atoms with Crippen molar-refractivity contribution in [2.45, 2.75) is 57.2 Å². The van der Waals surface area contributed by atoms with Gasteiger partial charge in [0.25, 0.3) is 5.56 Å². The Morgan fingerprint density at radius 2 is 1.93 bits per heavy atom. The highest BCUT2D eigenvalue weighted by Crippen LogP contribution is 2.35. The Hall–Kier alpha value is -2.87. The molecule has 29 heavy (non-hydrogen) atoms. The summed E-state index contributed by atoms with van der Waals surface area (Å²) >= 11 is 0. The molecule has 3 aromatic heterocycles. The van der Waals surface area contributed by atoms with Gasteiger partial charge in [0.2, 0.25) is 5.89 Å². The van der Waals surface area contributed by atoms with Crippen LogP contribution in [0.3, 0.4) is 0 Å². The minimum Gasteiger partial charge on any atom is -0.339 e. The molecule has 8 nitrogen and oxygen atoms in total. The van der Waals surface area contributed by atoms with Crippen molar-refractivity contribution in [1.82, 2.24) is 29.8 Å². The van der Waals surface area contributed by atoms with Crippen LogP contribution in [0.1, 0.15) is 49.7 Å². The van der Waals surface area contributed by atoms with E-state index in [1.165, 1.54) is 6.42 Å². The van der Waals surface area contributed by atoms with Crippen LogP contribution in [-0.4, -0.2) is 42.4 Å². The van der Waals surface area contributed by atoms with Crippen LogP contribution in [0.4, 0.5) is 0 Å². The molecule has 150 valence electrons. The molecule has 3 aromatic rings. The van der Waals surface area contributed by atoms with Gasteiger partial charge < -0.3 is 4.52 Å². The zero-order valence-corrected chi connectivity index (χ0v) is 16.3. The highest BCUT2D eigenvalue weighted by molar-refractivity contribution is 5.56. The van der Waals surface area contributed by atoms with Crippen LogP contribution in [0.2, 0.25) is 0 Å². The molecule has 2 fully saturated rings. The van der Waals surface area contributed by atoms with Crippen LogP contribution in [0.25, 0.3) is 11.3 Å². The molecule has 0 bridgehead atoms. The fraction of sp³-hybridized carbons (Fsp3) is 0.476. The average molecular weight is 392 g/mol. The second-order valence-electron chi connectivity index (χ2n) is 7.92. The molecule has 4 heterocycles. The maximum atomic E-state index is 12.4. The van der Waals surface area contributed by atoms with E-state index in [4.69, 9.17) is 4.52 Å². The van der Waals surface area contributed by atoms with Gasteiger partial charge in [-0.2, -0.15) is 10.1 Å². The minimum atomic E-state index is -0.0820. The lowest BCUT2D eigenvalue weighted by Gasteiger charge is -2.23. The zero-order valence-electron chi connectivity index (χ0n) is 16.3. The summed E-state index contributed by atoms with van der Waals surface area (Å²) in [5.41, 5.74) is 1.65. The molecule has 0 amide bonds. The smallest absolute Gasteiger partial charge is 0.266 e. The Kier molecular flexibility index (Phi) is 4.93. The standard InChI is InChI=1S/C21H24N6O2/c28-20-7-6-18(15-8-10-22-11-9-15)24-27(20)13-17-5-2-12-26(17)14-19-23-21(29-25-19)16-3-1-4-16/h6-11,16-17H,1-5,12-14H2. The molecule has 5 rings (SSSR count). The van der Waals surface area contributed by atoms with Gasteiger partial charge in [0, 0.05) is 36.0 Å². The van der Waals surface area contributed by atoms with E-state index in [-0.39, 0.29) is 11.6 Å². The summed E-state index contributed by atoms with van der Waals surface area (Å²) in [7, 11) is 0. The first-order valence-electron chi connectivity index (χ1n) is 10.3. The number of hydrogen-bond acceptors (Lipinski definition) is 7. The summed E-state index contributed by atoms with van der Waals surface area (Å²) in [6.07, 6.45) is 9.13. The van der Waals surface area contributed by atoms with Crippen molar-refractivity contribution in [2.75, 3.05) is 6.54 Å². The van der Waals surface area contributed by atoms with Crippen LogP contribution in [0.5, 0.6) is 0 Å². The molecule has 1 saturated heterocycles. The number of pyridine rings is 1. The topological polar surface area (TPSA) is 89.9 Å². The summed E-state index contributed by atoms with van der Waals surface area (Å²) in [6, 6.07) is 7.39. The first kappa shape index (κ1) is 18.2. The van der Waals surface area contributed by atoms with Crippen molar-refractivity contribution in [3.8, 4) is 11.3 Å². The van der Waals surface area contributed by atoms with Crippen molar-refractivity contribution in [1.29, 1.82) is 0 Å². The van der Waals surface area contributed by atoms with Gasteiger partial charge in [-0.3, -0.25) is 14.7 Å². The van der Waals surface area contributed by atoms with E-state index >= 15 is 0 Å². The van der Waals surface area contributed by atoms with Gasteiger partial charge >= 0.3 is 0 Å². The lowest BCUT2D eigenvalue weighted by Crippen LogP contribution is -2.37. The molecule has 1 unspecified atom stereocenters. The second-order valence-corrected chi connectivity index (χ2v) is 7.92. The van der Waals surface area contributed by atoms with E-state index in [1.807, 2.05) is 12.1 Å². The van der Waals surface area contributed by atoms with Gasteiger partial charge in [0.1, 0.15) is 0 Å². The molecule has 2 aliphatic rings. The number of likely N-dealkylation sites (tertiary alicyclic amines) is 1. The van der Waals surface area contributed by atoms with Crippen molar-refractivity contribution < 1.29 is 4.52 Å². The number of aromatic nitrogens is 5. The first-order valence-corrected chi connectivity index (χ1v) is 10.3. The van der Waals surface area contributed by atoms with Crippen molar-refractivity contribution in [3.63, 3.8) is 0 Å². The van der Waals surface area contributed by atoms with Crippen LogP contribution < -0.4 is 5.56 Å². The largest absolute Gasteiger partial charge is 0.339 e. The lowest BCUT2D eigenvalue weighted by molar-refractivity contribution is 0.209. The number of nitrogens with zero attached hydrogens (tertiary/aromatic N) is 6. The third-order valence-corrected chi connectivity index (χ3v) is 6.01. The van der Waals surface area contributed by atoms with E-state index in [2.05, 4.69) is 25.1 Å². The van der Waals surface area contributed by atoms with Gasteiger partial charge in [0.05, 0.1) is 18.8 Å². The highest BCUT2D eigenvalue weighted by atomic mass is 16.5. The minimum absolute atomic E-state index is 0.0820. The van der Waals surface area contributed by atoms with Crippen LogP contribution >= 0.6 is 0 Å². The Balaban J connectivity index is 1.30. The molecule has 1 aliphatic heterocycles. The predicted molar refractivity (Wildman–Crippen MR) is 106 cm³/mol. The van der Waals surface area contributed by atoms with Gasteiger partial charge in [-0.15, -0.1) is 0 Å². The maximum Gasteiger partial charge on any atom is 0.266 e. The van der Waals surface area contributed by atoms with Gasteiger partial charge in [-0.25, -0.2) is 4.68 Å². The summed E-state index contributed by atoms with van der Waals surface area (Å²) in [5.74, 6) is 1.97. The number of hydrogen-bond donors (Lipinski definition) is 0. The molecule has 1 atom stereocenters. The maximum absolute atomic E-state index is 12.4. The van der Waals surface area contributed by atoms with Crippen molar-refractivity contribution in [2.24, 2.45) is 0 Å². The first-order chi connectivity index (χ1) is 14.3. The fourth-order valence-corrected chi connectivity index (χ4v) is 4.10. The molecule has 8 heteroatoms. The molecule has 0 radical (unpaired) electrons. The third-order valence-electron chi connectivity index (χ3n) is 6.01. The summed E-state index contributed by atoms with van der Waals surface area (Å²) < 4.78 is 7.03. The average Bonchev–Trinajstić information content (AvgIpc) is 3.33. The fourth-order valence-electron chi connectivity index (χ4n) is 4.10. The normalized spacial score (nSPS) is 20.1. The molecular formula is C21H24N6O2. The van der Waals surface area contributed by atoms with E-state index in [0.717, 1.165) is 55.2 Å². The predicted octanol–water partition coefficient (Wildman–Crippen LogP) is 2.62. The molecule has 1 saturated carbocycles. The van der Waals surface area contributed by atoms with Gasteiger partial charge in [-0.05, 0) is 50.4 Å². The van der Waals surface area contributed by atoms with Gasteiger partial charge in [-0.1, -0.05) is 11.6 Å². The van der Waals surface area contributed by atoms with E-state index in [9.17, 15) is 4.79 Å². The molecule has 0 spiro atoms. The van der Waals surface area contributed by atoms with Crippen molar-refractivity contribution in [3.05, 3.63) is 58.7 Å². The van der Waals surface area contributed by atoms with E-state index in [0.29, 0.717) is 19.0 Å². The zero-order chi connectivity index (χ0) is 19.6. The van der Waals surface area contributed by atoms with E-state index < -0.39 is 0 Å². The Morgan fingerprint density at radius 1 is 1.07 bits per heavy atom. The van der Waals surface area contributed by atoms with E-state index in [1.54, 1.807) is 29.2 Å². The summed E-state index contributed by atoms with van der Waals surface area (Å²) in [5, 5.41) is 8.77. The summed E-state index contributed by atoms with van der Waals surface area (Å²) in [4.78, 5) is 23.4. The van der Waals surface area contributed by atoms with Crippen LogP contribution in [0.15, 0.2) is 46.0 Å². The second kappa shape index (κ2) is 7.87. The lowest BCUT2D eigenvalue weighted by atomic mass is 9.85. The third kappa shape index (κ3) is 3.85. The van der Waals surface area contributed by atoms with Gasteiger partial charge in [0.15, 0.2) is 5.82 Å². The van der Waals surface area contributed by atoms with Crippen molar-refractivity contribution >= 4 is 0 Å². The Morgan fingerprint density at radius 3 is 2.72 bits per heavy atom. The molecule has 0 N–H and O–H groups in total.